The van der Waals surface area contributed by atoms with Crippen molar-refractivity contribution in [2.24, 2.45) is 11.5 Å². The smallest absolute Gasteiger partial charge is 0.248 e. The number of unbranched alkanes of at least 4 members (excludes halogenated alkanes) is 7. The van der Waals surface area contributed by atoms with E-state index >= 15 is 0 Å². The number of ether oxygens (including phenoxy) is 2. The van der Waals surface area contributed by atoms with Gasteiger partial charge in [0.1, 0.15) is 42.8 Å². The summed E-state index contributed by atoms with van der Waals surface area (Å²) in [5.74, 6) is -1.41. The summed E-state index contributed by atoms with van der Waals surface area (Å²) >= 11 is 0. The van der Waals surface area contributed by atoms with Crippen molar-refractivity contribution in [1.29, 1.82) is 0 Å². The molecule has 2 aromatic carbocycles. The molecule has 1 aliphatic heterocycles. The van der Waals surface area contributed by atoms with Gasteiger partial charge in [-0.15, -0.1) is 0 Å². The fraction of sp³-hybridized carbons (Fsp3) is 0.585. The number of benzene rings is 2. The van der Waals surface area contributed by atoms with E-state index in [4.69, 9.17) is 20.9 Å². The number of nitrogens with zero attached hydrogens (tertiary/aromatic N) is 1. The van der Waals surface area contributed by atoms with Gasteiger partial charge in [-0.25, -0.2) is 0 Å². The standard InChI is InChI=1S/C41H63N7O7/c1-6-7-8-9-10-11-12-13-20-44-26-37(50)48(5)38-31-15-17-36(55-22-19-43)33(25-31)32-23-30(14-16-35(32)54-21-18-42)24-34(40(52)45-27(2)29(4)49)47-39(51)28(3)46-41(38)53/h14-17,23,25,27-28,34,38,44H,6-13,18-22,24,26,42-43H2,1-5H3,(H,45,52)(H,46,53)(H,47,51)/t27-,28-,34-,38-/m0/s1. The predicted octanol–water partition coefficient (Wildman–Crippen LogP) is 2.90. The van der Waals surface area contributed by atoms with Crippen LogP contribution in [0.1, 0.15) is 96.2 Å². The molecule has 14 nitrogen and oxygen atoms in total. The molecule has 55 heavy (non-hydrogen) atoms. The number of hydrogen-bond acceptors (Lipinski definition) is 10. The van der Waals surface area contributed by atoms with Gasteiger partial charge in [0, 0.05) is 37.7 Å². The number of likely N-dealkylation sites (N-methyl/N-ethyl adjacent to an activating group) is 1. The number of nitrogens with two attached hydrogens (primary N) is 2. The van der Waals surface area contributed by atoms with Crippen LogP contribution in [0.25, 0.3) is 11.1 Å². The highest BCUT2D eigenvalue weighted by atomic mass is 16.5. The number of nitrogens with one attached hydrogen (secondary N) is 4. The van der Waals surface area contributed by atoms with Gasteiger partial charge >= 0.3 is 0 Å². The lowest BCUT2D eigenvalue weighted by atomic mass is 9.93. The van der Waals surface area contributed by atoms with Crippen LogP contribution < -0.4 is 42.2 Å². The molecular formula is C41H63N7O7. The van der Waals surface area contributed by atoms with Crippen LogP contribution in [0, 0.1) is 0 Å². The largest absolute Gasteiger partial charge is 0.492 e. The molecule has 0 saturated carbocycles. The van der Waals surface area contributed by atoms with Crippen LogP contribution in [0.4, 0.5) is 0 Å². The minimum absolute atomic E-state index is 0.0198. The number of carbonyl (C=O) groups is 5. The van der Waals surface area contributed by atoms with Gasteiger partial charge in [0.05, 0.1) is 12.6 Å². The molecule has 2 aromatic rings. The second-order valence-electron chi connectivity index (χ2n) is 14.3. The van der Waals surface area contributed by atoms with Gasteiger partial charge in [-0.2, -0.15) is 0 Å². The van der Waals surface area contributed by atoms with Crippen LogP contribution in [-0.4, -0.2) is 98.9 Å². The van der Waals surface area contributed by atoms with Crippen LogP contribution in [0.3, 0.4) is 0 Å². The van der Waals surface area contributed by atoms with Crippen molar-refractivity contribution in [3.8, 4) is 22.6 Å². The van der Waals surface area contributed by atoms with Crippen molar-refractivity contribution in [3.63, 3.8) is 0 Å². The summed E-state index contributed by atoms with van der Waals surface area (Å²) in [4.78, 5) is 68.4. The quantitative estimate of drug-likeness (QED) is 0.103. The molecule has 4 amide bonds. The summed E-state index contributed by atoms with van der Waals surface area (Å²) in [5.41, 5.74) is 13.9. The summed E-state index contributed by atoms with van der Waals surface area (Å²) in [6.07, 6.45) is 9.46. The first-order chi connectivity index (χ1) is 26.4. The Balaban J connectivity index is 2.03. The maximum Gasteiger partial charge on any atom is 0.248 e. The second kappa shape index (κ2) is 23.4. The fourth-order valence-electron chi connectivity index (χ4n) is 6.35. The van der Waals surface area contributed by atoms with Crippen molar-refractivity contribution in [3.05, 3.63) is 47.5 Å². The predicted molar refractivity (Wildman–Crippen MR) is 213 cm³/mol. The zero-order chi connectivity index (χ0) is 40.3. The topological polar surface area (TPSA) is 207 Å². The van der Waals surface area contributed by atoms with E-state index in [-0.39, 0.29) is 51.0 Å². The number of amides is 4. The normalized spacial score (nSPS) is 17.6. The molecular weight excluding hydrogens is 702 g/mol. The van der Waals surface area contributed by atoms with E-state index in [1.807, 2.05) is 6.07 Å². The van der Waals surface area contributed by atoms with Crippen molar-refractivity contribution >= 4 is 29.4 Å². The highest BCUT2D eigenvalue weighted by Crippen LogP contribution is 2.40. The Morgan fingerprint density at radius 1 is 0.873 bits per heavy atom. The maximum absolute atomic E-state index is 14.2. The van der Waals surface area contributed by atoms with Crippen molar-refractivity contribution in [2.75, 3.05) is 46.4 Å². The molecule has 3 rings (SSSR count). The Hall–Kier alpha value is -4.53. The number of Topliss-reactive ketones (excluding diaryl/α,β-unsaturated/α-hetero) is 1. The lowest BCUT2D eigenvalue weighted by molar-refractivity contribution is -0.140. The van der Waals surface area contributed by atoms with Crippen molar-refractivity contribution in [2.45, 2.75) is 110 Å². The van der Waals surface area contributed by atoms with Gasteiger partial charge < -0.3 is 47.1 Å². The summed E-state index contributed by atoms with van der Waals surface area (Å²) in [6, 6.07) is 6.45. The Kier molecular flexibility index (Phi) is 19.1. The molecule has 304 valence electrons. The van der Waals surface area contributed by atoms with Gasteiger partial charge in [0.15, 0.2) is 5.78 Å². The monoisotopic (exact) mass is 765 g/mol. The Labute approximate surface area is 326 Å². The average molecular weight is 766 g/mol. The zero-order valence-corrected chi connectivity index (χ0v) is 33.3. The molecule has 1 aliphatic rings. The van der Waals surface area contributed by atoms with Crippen LogP contribution in [0.5, 0.6) is 11.5 Å². The summed E-state index contributed by atoms with van der Waals surface area (Å²) in [5, 5.41) is 11.4. The zero-order valence-electron chi connectivity index (χ0n) is 33.3. The van der Waals surface area contributed by atoms with E-state index in [2.05, 4.69) is 28.2 Å². The number of rotatable bonds is 21. The van der Waals surface area contributed by atoms with Gasteiger partial charge in [-0.1, -0.05) is 64.0 Å². The first-order valence-corrected chi connectivity index (χ1v) is 19.7. The lowest BCUT2D eigenvalue weighted by Crippen LogP contribution is -2.56. The fourth-order valence-corrected chi connectivity index (χ4v) is 6.35. The summed E-state index contributed by atoms with van der Waals surface area (Å²) in [7, 11) is 1.56. The number of hydrogen-bond donors (Lipinski definition) is 6. The Bertz CT molecular complexity index is 1590. The van der Waals surface area contributed by atoms with E-state index in [9.17, 15) is 24.0 Å². The summed E-state index contributed by atoms with van der Waals surface area (Å²) < 4.78 is 12.2. The molecule has 0 radical (unpaired) electrons. The summed E-state index contributed by atoms with van der Waals surface area (Å²) in [6.45, 7) is 8.25. The van der Waals surface area contributed by atoms with E-state index in [1.54, 1.807) is 44.3 Å². The molecule has 4 atom stereocenters. The molecule has 0 spiro atoms. The Morgan fingerprint density at radius 3 is 2.09 bits per heavy atom. The van der Waals surface area contributed by atoms with E-state index in [0.29, 0.717) is 40.3 Å². The molecule has 8 N–H and O–H groups in total. The minimum atomic E-state index is -1.15. The first-order valence-electron chi connectivity index (χ1n) is 19.7. The van der Waals surface area contributed by atoms with E-state index < -0.39 is 41.9 Å². The van der Waals surface area contributed by atoms with Gasteiger partial charge in [-0.3, -0.25) is 24.0 Å². The highest BCUT2D eigenvalue weighted by molar-refractivity contribution is 5.96. The second-order valence-corrected chi connectivity index (χ2v) is 14.3. The molecule has 0 aromatic heterocycles. The minimum Gasteiger partial charge on any atom is -0.492 e. The average Bonchev–Trinajstić information content (AvgIpc) is 3.16. The van der Waals surface area contributed by atoms with E-state index in [1.165, 1.54) is 50.9 Å². The van der Waals surface area contributed by atoms with Crippen LogP contribution in [-0.2, 0) is 30.4 Å². The number of fused-ring (bicyclic) bond motifs is 5. The maximum atomic E-state index is 14.2. The number of ketones is 1. The third-order valence-corrected chi connectivity index (χ3v) is 9.71. The van der Waals surface area contributed by atoms with Crippen molar-refractivity contribution in [1.82, 2.24) is 26.2 Å². The van der Waals surface area contributed by atoms with Crippen LogP contribution >= 0.6 is 0 Å². The van der Waals surface area contributed by atoms with Gasteiger partial charge in [0.25, 0.3) is 0 Å². The van der Waals surface area contributed by atoms with Gasteiger partial charge in [-0.05, 0) is 69.1 Å². The van der Waals surface area contributed by atoms with Crippen LogP contribution in [0.15, 0.2) is 36.4 Å². The highest BCUT2D eigenvalue weighted by Gasteiger charge is 2.33. The van der Waals surface area contributed by atoms with E-state index in [0.717, 1.165) is 19.3 Å². The van der Waals surface area contributed by atoms with Gasteiger partial charge in [0.2, 0.25) is 23.6 Å². The molecule has 0 aliphatic carbocycles. The van der Waals surface area contributed by atoms with Crippen molar-refractivity contribution < 1.29 is 33.4 Å². The molecule has 4 bridgehead atoms. The first kappa shape index (κ1) is 44.9. The molecule has 0 unspecified atom stereocenters. The third-order valence-electron chi connectivity index (χ3n) is 9.71. The molecule has 14 heteroatoms. The number of carbonyl (C=O) groups excluding carboxylic acids is 5. The Morgan fingerprint density at radius 2 is 1.47 bits per heavy atom. The molecule has 0 saturated heterocycles. The molecule has 1 heterocycles. The SMILES string of the molecule is CCCCCCCCCCNCC(=O)N(C)[C@@H]1C(=O)N[C@@H](C)C(=O)N[C@H](C(=O)N[C@@H](C)C(C)=O)Cc2ccc(OCCN)c(c2)-c2cc1ccc2OCCN. The lowest BCUT2D eigenvalue weighted by Gasteiger charge is -2.30. The van der Waals surface area contributed by atoms with Crippen LogP contribution in [0.2, 0.25) is 0 Å². The molecule has 0 fully saturated rings. The third kappa shape index (κ3) is 13.9.